The predicted octanol–water partition coefficient (Wildman–Crippen LogP) is 0.247. The third kappa shape index (κ3) is 2.12. The number of hydrogen-bond donors (Lipinski definition) is 2. The molecule has 2 aliphatic rings. The molecule has 0 aromatic heterocycles. The molecule has 2 saturated carbocycles. The maximum atomic E-state index is 11.0. The Kier molecular flexibility index (Phi) is 2.91. The van der Waals surface area contributed by atoms with Crippen molar-refractivity contribution >= 4 is 23.6 Å². The molecule has 0 aromatic carbocycles. The zero-order valence-corrected chi connectivity index (χ0v) is 9.33. The molecule has 0 radical (unpaired) electrons. The van der Waals surface area contributed by atoms with Gasteiger partial charge in [-0.1, -0.05) is 6.42 Å². The van der Waals surface area contributed by atoms with Gasteiger partial charge in [0.2, 0.25) is 11.8 Å². The van der Waals surface area contributed by atoms with E-state index in [0.29, 0.717) is 11.2 Å². The number of hydrogen-bond acceptors (Lipinski definition) is 3. The minimum atomic E-state index is -0.839. The average molecular weight is 228 g/mol. The molecule has 0 saturated heterocycles. The van der Waals surface area contributed by atoms with E-state index in [2.05, 4.69) is 0 Å². The van der Waals surface area contributed by atoms with Crippen LogP contribution in [0.5, 0.6) is 0 Å². The van der Waals surface area contributed by atoms with Crippen molar-refractivity contribution in [1.29, 1.82) is 0 Å². The van der Waals surface area contributed by atoms with Gasteiger partial charge in [-0.25, -0.2) is 0 Å². The summed E-state index contributed by atoms with van der Waals surface area (Å²) in [4.78, 5) is 22.1. The maximum Gasteiger partial charge on any atom is 0.240 e. The van der Waals surface area contributed by atoms with Crippen molar-refractivity contribution in [1.82, 2.24) is 0 Å². The molecule has 3 unspecified atom stereocenters. The lowest BCUT2D eigenvalue weighted by atomic mass is 10.0. The molecule has 0 aromatic rings. The third-order valence-electron chi connectivity index (χ3n) is 3.50. The molecule has 2 fully saturated rings. The molecule has 2 amide bonds. The SMILES string of the molecule is NC(=O)C(SC1CC2CCC1C2)C(N)=O. The maximum absolute atomic E-state index is 11.0. The molecule has 2 bridgehead atoms. The van der Waals surface area contributed by atoms with Gasteiger partial charge in [-0.05, 0) is 31.1 Å². The Morgan fingerprint density at radius 1 is 1.13 bits per heavy atom. The Hall–Kier alpha value is -0.710. The number of amides is 2. The molecule has 15 heavy (non-hydrogen) atoms. The standard InChI is InChI=1S/C10H16N2O2S/c11-9(13)8(10(12)14)15-7-4-5-1-2-6(7)3-5/h5-8H,1-4H2,(H2,11,13)(H2,12,14). The fourth-order valence-electron chi connectivity index (χ4n) is 2.80. The Labute approximate surface area is 93.1 Å². The Morgan fingerprint density at radius 3 is 2.20 bits per heavy atom. The van der Waals surface area contributed by atoms with Gasteiger partial charge in [0.1, 0.15) is 0 Å². The first kappa shape index (κ1) is 10.8. The van der Waals surface area contributed by atoms with Gasteiger partial charge in [-0.15, -0.1) is 11.8 Å². The van der Waals surface area contributed by atoms with Crippen molar-refractivity contribution < 1.29 is 9.59 Å². The molecule has 84 valence electrons. The molecule has 2 aliphatic carbocycles. The summed E-state index contributed by atoms with van der Waals surface area (Å²) in [6, 6.07) is 0. The van der Waals surface area contributed by atoms with Gasteiger partial charge in [-0.2, -0.15) is 0 Å². The van der Waals surface area contributed by atoms with E-state index in [1.807, 2.05) is 0 Å². The Bertz CT molecular complexity index is 281. The second kappa shape index (κ2) is 4.04. The number of rotatable bonds is 4. The summed E-state index contributed by atoms with van der Waals surface area (Å²) in [7, 11) is 0. The summed E-state index contributed by atoms with van der Waals surface area (Å²) in [5.74, 6) is 0.264. The zero-order valence-electron chi connectivity index (χ0n) is 8.52. The number of carbonyl (C=O) groups excluding carboxylic acids is 2. The van der Waals surface area contributed by atoms with E-state index in [1.54, 1.807) is 0 Å². The van der Waals surface area contributed by atoms with Crippen molar-refractivity contribution in [2.24, 2.45) is 23.3 Å². The molecular weight excluding hydrogens is 212 g/mol. The summed E-state index contributed by atoms with van der Waals surface area (Å²) in [6.45, 7) is 0. The van der Waals surface area contributed by atoms with Crippen molar-refractivity contribution in [2.45, 2.75) is 36.2 Å². The van der Waals surface area contributed by atoms with Crippen LogP contribution in [0.15, 0.2) is 0 Å². The number of fused-ring (bicyclic) bond motifs is 2. The highest BCUT2D eigenvalue weighted by Crippen LogP contribution is 2.50. The van der Waals surface area contributed by atoms with Crippen molar-refractivity contribution in [2.75, 3.05) is 0 Å². The summed E-state index contributed by atoms with van der Waals surface area (Å²) in [6.07, 6.45) is 4.90. The predicted molar refractivity (Wildman–Crippen MR) is 59.0 cm³/mol. The van der Waals surface area contributed by atoms with Crippen LogP contribution < -0.4 is 11.5 Å². The van der Waals surface area contributed by atoms with Crippen LogP contribution in [0, 0.1) is 11.8 Å². The van der Waals surface area contributed by atoms with Crippen LogP contribution in [0.25, 0.3) is 0 Å². The lowest BCUT2D eigenvalue weighted by Gasteiger charge is -2.23. The largest absolute Gasteiger partial charge is 0.368 e. The monoisotopic (exact) mass is 228 g/mol. The lowest BCUT2D eigenvalue weighted by Crippen LogP contribution is -2.39. The first-order valence-corrected chi connectivity index (χ1v) is 6.26. The summed E-state index contributed by atoms with van der Waals surface area (Å²) in [5, 5.41) is -0.428. The molecule has 4 N–H and O–H groups in total. The van der Waals surface area contributed by atoms with Gasteiger partial charge in [0.15, 0.2) is 5.25 Å². The smallest absolute Gasteiger partial charge is 0.240 e. The Morgan fingerprint density at radius 2 is 1.80 bits per heavy atom. The minimum absolute atomic E-state index is 0.411. The second-order valence-electron chi connectivity index (χ2n) is 4.53. The topological polar surface area (TPSA) is 86.2 Å². The number of carbonyl (C=O) groups is 2. The van der Waals surface area contributed by atoms with Gasteiger partial charge in [-0.3, -0.25) is 9.59 Å². The fraction of sp³-hybridized carbons (Fsp3) is 0.800. The van der Waals surface area contributed by atoms with E-state index in [9.17, 15) is 9.59 Å². The van der Waals surface area contributed by atoms with E-state index < -0.39 is 17.1 Å². The highest BCUT2D eigenvalue weighted by atomic mass is 32.2. The zero-order chi connectivity index (χ0) is 11.0. The number of thioether (sulfide) groups is 1. The molecule has 2 rings (SSSR count). The molecular formula is C10H16N2O2S. The van der Waals surface area contributed by atoms with Crippen molar-refractivity contribution in [3.63, 3.8) is 0 Å². The number of primary amides is 2. The minimum Gasteiger partial charge on any atom is -0.368 e. The van der Waals surface area contributed by atoms with Crippen LogP contribution in [-0.4, -0.2) is 22.3 Å². The van der Waals surface area contributed by atoms with Crippen LogP contribution in [0.4, 0.5) is 0 Å². The molecule has 0 aliphatic heterocycles. The molecule has 0 heterocycles. The highest BCUT2D eigenvalue weighted by molar-refractivity contribution is 8.02. The lowest BCUT2D eigenvalue weighted by molar-refractivity contribution is -0.125. The highest BCUT2D eigenvalue weighted by Gasteiger charge is 2.42. The van der Waals surface area contributed by atoms with Crippen LogP contribution in [0.3, 0.4) is 0 Å². The van der Waals surface area contributed by atoms with Crippen LogP contribution >= 0.6 is 11.8 Å². The van der Waals surface area contributed by atoms with E-state index in [-0.39, 0.29) is 0 Å². The first-order valence-electron chi connectivity index (χ1n) is 5.32. The van der Waals surface area contributed by atoms with Crippen molar-refractivity contribution in [3.05, 3.63) is 0 Å². The van der Waals surface area contributed by atoms with Crippen LogP contribution in [0.2, 0.25) is 0 Å². The van der Waals surface area contributed by atoms with E-state index in [0.717, 1.165) is 12.3 Å². The number of nitrogens with two attached hydrogens (primary N) is 2. The molecule has 0 spiro atoms. The van der Waals surface area contributed by atoms with Crippen LogP contribution in [0.1, 0.15) is 25.7 Å². The molecule has 5 heteroatoms. The molecule has 4 nitrogen and oxygen atoms in total. The van der Waals surface area contributed by atoms with Gasteiger partial charge in [0.05, 0.1) is 0 Å². The summed E-state index contributed by atoms with van der Waals surface area (Å²) < 4.78 is 0. The van der Waals surface area contributed by atoms with Crippen LogP contribution in [-0.2, 0) is 9.59 Å². The van der Waals surface area contributed by atoms with E-state index in [1.165, 1.54) is 31.0 Å². The third-order valence-corrected chi connectivity index (χ3v) is 5.16. The summed E-state index contributed by atoms with van der Waals surface area (Å²) >= 11 is 1.38. The normalized spacial score (nSPS) is 33.5. The fourth-order valence-corrected chi connectivity index (χ4v) is 4.27. The quantitative estimate of drug-likeness (QED) is 0.676. The van der Waals surface area contributed by atoms with E-state index >= 15 is 0 Å². The summed E-state index contributed by atoms with van der Waals surface area (Å²) in [5.41, 5.74) is 10.3. The van der Waals surface area contributed by atoms with Gasteiger partial charge >= 0.3 is 0 Å². The first-order chi connectivity index (χ1) is 7.08. The second-order valence-corrected chi connectivity index (χ2v) is 5.88. The van der Waals surface area contributed by atoms with E-state index in [4.69, 9.17) is 11.5 Å². The average Bonchev–Trinajstić information content (AvgIpc) is 2.73. The van der Waals surface area contributed by atoms with Gasteiger partial charge < -0.3 is 11.5 Å². The molecule has 3 atom stereocenters. The Balaban J connectivity index is 1.95. The van der Waals surface area contributed by atoms with Gasteiger partial charge in [0.25, 0.3) is 0 Å². The van der Waals surface area contributed by atoms with Gasteiger partial charge in [0, 0.05) is 5.25 Å². The van der Waals surface area contributed by atoms with Crippen molar-refractivity contribution in [3.8, 4) is 0 Å².